The van der Waals surface area contributed by atoms with E-state index in [1.807, 2.05) is 13.8 Å². The SMILES string of the molecule is CC.CCC.CCc1ccc(S(=O)(=O)O)c([N+](=O)[O-])c1. The van der Waals surface area contributed by atoms with Crippen molar-refractivity contribution in [1.82, 2.24) is 0 Å². The van der Waals surface area contributed by atoms with Crippen LogP contribution in [0.1, 0.15) is 46.6 Å². The Balaban J connectivity index is 0. The molecule has 0 aliphatic heterocycles. The minimum absolute atomic E-state index is 0.548. The fourth-order valence-corrected chi connectivity index (χ4v) is 1.78. The van der Waals surface area contributed by atoms with E-state index in [9.17, 15) is 18.5 Å². The lowest BCUT2D eigenvalue weighted by molar-refractivity contribution is -0.387. The molecular formula is C13H23NO5S. The second-order valence-corrected chi connectivity index (χ2v) is 4.98. The van der Waals surface area contributed by atoms with Crippen molar-refractivity contribution in [2.45, 2.75) is 52.4 Å². The first-order valence-electron chi connectivity index (χ1n) is 6.52. The summed E-state index contributed by atoms with van der Waals surface area (Å²) in [7, 11) is -4.55. The highest BCUT2D eigenvalue weighted by atomic mass is 32.2. The molecule has 0 fully saturated rings. The third kappa shape index (κ3) is 7.20. The maximum Gasteiger partial charge on any atom is 0.301 e. The van der Waals surface area contributed by atoms with Gasteiger partial charge in [0.15, 0.2) is 4.90 Å². The molecule has 7 heteroatoms. The van der Waals surface area contributed by atoms with E-state index >= 15 is 0 Å². The summed E-state index contributed by atoms with van der Waals surface area (Å²) in [6.07, 6.45) is 1.80. The van der Waals surface area contributed by atoms with E-state index in [0.717, 1.165) is 12.1 Å². The lowest BCUT2D eigenvalue weighted by atomic mass is 10.1. The number of nitro benzene ring substituents is 1. The Kier molecular flexibility index (Phi) is 10.8. The monoisotopic (exact) mass is 305 g/mol. The molecule has 0 aliphatic rings. The Bertz CT molecular complexity index is 511. The van der Waals surface area contributed by atoms with Crippen LogP contribution in [-0.4, -0.2) is 17.9 Å². The predicted molar refractivity (Wildman–Crippen MR) is 79.6 cm³/mol. The fourth-order valence-electron chi connectivity index (χ4n) is 1.14. The van der Waals surface area contributed by atoms with Crippen LogP contribution in [0.2, 0.25) is 0 Å². The molecule has 0 spiro atoms. The van der Waals surface area contributed by atoms with Gasteiger partial charge in [0.05, 0.1) is 4.92 Å². The Morgan fingerprint density at radius 2 is 1.65 bits per heavy atom. The highest BCUT2D eigenvalue weighted by Gasteiger charge is 2.23. The highest BCUT2D eigenvalue weighted by molar-refractivity contribution is 7.86. The summed E-state index contributed by atoms with van der Waals surface area (Å²) in [5.74, 6) is 0. The maximum absolute atomic E-state index is 10.8. The molecule has 1 N–H and O–H groups in total. The molecule has 1 aromatic carbocycles. The van der Waals surface area contributed by atoms with E-state index in [2.05, 4.69) is 13.8 Å². The quantitative estimate of drug-likeness (QED) is 0.519. The van der Waals surface area contributed by atoms with Gasteiger partial charge < -0.3 is 0 Å². The van der Waals surface area contributed by atoms with E-state index in [1.165, 1.54) is 12.5 Å². The number of nitro groups is 1. The molecule has 6 nitrogen and oxygen atoms in total. The van der Waals surface area contributed by atoms with E-state index in [0.29, 0.717) is 12.0 Å². The van der Waals surface area contributed by atoms with Gasteiger partial charge >= 0.3 is 10.1 Å². The number of rotatable bonds is 3. The molecule has 0 heterocycles. The van der Waals surface area contributed by atoms with Gasteiger partial charge in [-0.3, -0.25) is 14.7 Å². The van der Waals surface area contributed by atoms with Gasteiger partial charge in [0.2, 0.25) is 0 Å². The maximum atomic E-state index is 10.8. The molecule has 0 bridgehead atoms. The molecule has 1 aromatic rings. The van der Waals surface area contributed by atoms with Crippen LogP contribution in [0.15, 0.2) is 23.1 Å². The third-order valence-corrected chi connectivity index (χ3v) is 2.81. The van der Waals surface area contributed by atoms with Crippen molar-refractivity contribution in [3.8, 4) is 0 Å². The largest absolute Gasteiger partial charge is 0.301 e. The second kappa shape index (κ2) is 10.3. The molecule has 0 saturated heterocycles. The Labute approximate surface area is 120 Å². The van der Waals surface area contributed by atoms with Crippen LogP contribution in [-0.2, 0) is 16.5 Å². The lowest BCUT2D eigenvalue weighted by Crippen LogP contribution is -2.03. The van der Waals surface area contributed by atoms with Gasteiger partial charge in [0.25, 0.3) is 5.69 Å². The van der Waals surface area contributed by atoms with E-state index in [4.69, 9.17) is 4.55 Å². The van der Waals surface area contributed by atoms with Gasteiger partial charge in [-0.2, -0.15) is 8.42 Å². The van der Waals surface area contributed by atoms with E-state index in [1.54, 1.807) is 6.92 Å². The van der Waals surface area contributed by atoms with Crippen LogP contribution in [0.5, 0.6) is 0 Å². The minimum atomic E-state index is -4.55. The van der Waals surface area contributed by atoms with Crippen molar-refractivity contribution in [3.63, 3.8) is 0 Å². The zero-order chi connectivity index (χ0) is 16.3. The summed E-state index contributed by atoms with van der Waals surface area (Å²) in [6.45, 7) is 10.0. The van der Waals surface area contributed by atoms with Gasteiger partial charge in [-0.15, -0.1) is 0 Å². The molecule has 0 unspecified atom stereocenters. The van der Waals surface area contributed by atoms with Crippen LogP contribution < -0.4 is 0 Å². The summed E-state index contributed by atoms with van der Waals surface area (Å²) in [5, 5.41) is 10.6. The molecule has 0 amide bonds. The lowest BCUT2D eigenvalue weighted by Gasteiger charge is -2.01. The average molecular weight is 305 g/mol. The summed E-state index contributed by atoms with van der Waals surface area (Å²) in [5.41, 5.74) is 0.0333. The van der Waals surface area contributed by atoms with Crippen LogP contribution >= 0.6 is 0 Å². The van der Waals surface area contributed by atoms with Crippen molar-refractivity contribution in [1.29, 1.82) is 0 Å². The molecule has 116 valence electrons. The smallest absolute Gasteiger partial charge is 0.282 e. The standard InChI is InChI=1S/C8H9NO5S.C3H8.C2H6/c1-2-6-3-4-8(15(12,13)14)7(5-6)9(10)11;1-3-2;1-2/h3-5H,2H2,1H3,(H,12,13,14);3H2,1-2H3;1-2H3. The van der Waals surface area contributed by atoms with Crippen LogP contribution in [0.25, 0.3) is 0 Å². The number of hydrogen-bond acceptors (Lipinski definition) is 4. The molecular weight excluding hydrogens is 282 g/mol. The van der Waals surface area contributed by atoms with Crippen molar-refractivity contribution in [3.05, 3.63) is 33.9 Å². The first-order chi connectivity index (χ1) is 9.27. The highest BCUT2D eigenvalue weighted by Crippen LogP contribution is 2.24. The second-order valence-electron chi connectivity index (χ2n) is 3.59. The van der Waals surface area contributed by atoms with Crippen molar-refractivity contribution in [2.75, 3.05) is 0 Å². The Morgan fingerprint density at radius 1 is 1.20 bits per heavy atom. The van der Waals surface area contributed by atoms with Crippen molar-refractivity contribution >= 4 is 15.8 Å². The van der Waals surface area contributed by atoms with Crippen molar-refractivity contribution < 1.29 is 17.9 Å². The summed E-state index contributed by atoms with van der Waals surface area (Å²) in [4.78, 5) is 9.06. The first-order valence-corrected chi connectivity index (χ1v) is 7.96. The molecule has 20 heavy (non-hydrogen) atoms. The summed E-state index contributed by atoms with van der Waals surface area (Å²) < 4.78 is 30.4. The van der Waals surface area contributed by atoms with Gasteiger partial charge in [-0.25, -0.2) is 0 Å². The molecule has 0 aromatic heterocycles. The summed E-state index contributed by atoms with van der Waals surface area (Å²) in [6, 6.07) is 3.60. The van der Waals surface area contributed by atoms with Gasteiger partial charge in [-0.05, 0) is 18.1 Å². The van der Waals surface area contributed by atoms with Crippen LogP contribution in [0, 0.1) is 10.1 Å². The zero-order valence-electron chi connectivity index (χ0n) is 12.6. The topological polar surface area (TPSA) is 97.5 Å². The third-order valence-electron chi connectivity index (χ3n) is 1.91. The number of benzene rings is 1. The minimum Gasteiger partial charge on any atom is -0.282 e. The molecule has 0 saturated carbocycles. The van der Waals surface area contributed by atoms with E-state index < -0.39 is 25.6 Å². The summed E-state index contributed by atoms with van der Waals surface area (Å²) >= 11 is 0. The molecule has 0 aliphatic carbocycles. The van der Waals surface area contributed by atoms with Crippen LogP contribution in [0.3, 0.4) is 0 Å². The number of aryl methyl sites for hydroxylation is 1. The molecule has 1 rings (SSSR count). The molecule has 0 radical (unpaired) electrons. The van der Waals surface area contributed by atoms with Gasteiger partial charge in [0, 0.05) is 6.07 Å². The normalized spacial score (nSPS) is 9.70. The Hall–Kier alpha value is -1.47. The van der Waals surface area contributed by atoms with Crippen LogP contribution in [0.4, 0.5) is 5.69 Å². The van der Waals surface area contributed by atoms with Crippen molar-refractivity contribution in [2.24, 2.45) is 0 Å². The number of hydrogen-bond donors (Lipinski definition) is 1. The van der Waals surface area contributed by atoms with Gasteiger partial charge in [-0.1, -0.05) is 47.1 Å². The zero-order valence-corrected chi connectivity index (χ0v) is 13.4. The predicted octanol–water partition coefficient (Wildman–Crippen LogP) is 3.85. The van der Waals surface area contributed by atoms with Gasteiger partial charge in [0.1, 0.15) is 0 Å². The first kappa shape index (κ1) is 20.8. The number of nitrogens with zero attached hydrogens (tertiary/aromatic N) is 1. The Morgan fingerprint density at radius 3 is 1.95 bits per heavy atom. The van der Waals surface area contributed by atoms with E-state index in [-0.39, 0.29) is 0 Å². The molecule has 0 atom stereocenters. The fraction of sp³-hybridized carbons (Fsp3) is 0.538. The average Bonchev–Trinajstić information content (AvgIpc) is 2.40.